The second kappa shape index (κ2) is 20.8. The molecule has 0 amide bonds. The highest BCUT2D eigenvalue weighted by Crippen LogP contribution is 2.32. The van der Waals surface area contributed by atoms with Crippen molar-refractivity contribution in [1.82, 2.24) is 0 Å². The first-order valence-corrected chi connectivity index (χ1v) is 19.4. The summed E-state index contributed by atoms with van der Waals surface area (Å²) in [4.78, 5) is 0. The maximum absolute atomic E-state index is 6.00. The maximum atomic E-state index is 6.00. The molecule has 0 saturated carbocycles. The molecule has 4 aromatic rings. The van der Waals surface area contributed by atoms with E-state index in [0.29, 0.717) is 17.8 Å². The fourth-order valence-corrected chi connectivity index (χ4v) is 7.54. The summed E-state index contributed by atoms with van der Waals surface area (Å²) < 4.78 is 0. The highest BCUT2D eigenvalue weighted by Gasteiger charge is 2.17. The molecule has 2 atom stereocenters. The van der Waals surface area contributed by atoms with Gasteiger partial charge in [0.2, 0.25) is 0 Å². The number of unbranched alkanes of at least 4 members (excludes halogenated alkanes) is 8. The molecule has 0 saturated heterocycles. The van der Waals surface area contributed by atoms with Gasteiger partial charge in [-0.15, -0.1) is 0 Å². The summed E-state index contributed by atoms with van der Waals surface area (Å²) >= 11 is 0. The van der Waals surface area contributed by atoms with Gasteiger partial charge in [-0.1, -0.05) is 164 Å². The summed E-state index contributed by atoms with van der Waals surface area (Å²) in [7, 11) is 0. The van der Waals surface area contributed by atoms with E-state index in [9.17, 15) is 0 Å². The first-order valence-electron chi connectivity index (χ1n) is 19.4. The van der Waals surface area contributed by atoms with Crippen LogP contribution in [0.3, 0.4) is 0 Å². The van der Waals surface area contributed by atoms with E-state index in [1.165, 1.54) is 97.6 Å². The topological polar surface area (TPSA) is 52.0 Å². The van der Waals surface area contributed by atoms with Crippen LogP contribution in [0.5, 0.6) is 0 Å². The molecule has 0 aromatic heterocycles. The SMILES string of the molecule is CCCCCCCCCCCC(Cc1ccc(C(CCC)c2ccc(N)cc2)cc1)Cc1ccc(C(CCC)c2ccc(N)cc2)cc1. The van der Waals surface area contributed by atoms with Gasteiger partial charge in [-0.25, -0.2) is 0 Å². The molecular weight excluding hydrogens is 581 g/mol. The standard InChI is InChI=1S/C46H64N2/c1-4-7-8-9-10-11-12-13-14-17-38(34-36-18-22-39(23-19-36)45(15-5-2)41-26-30-43(47)31-27-41)35-37-20-24-40(25-21-37)46(16-6-3)42-28-32-44(48)33-29-42/h18-33,38,45-46H,4-17,34-35,47-48H2,1-3H3. The summed E-state index contributed by atoms with van der Waals surface area (Å²) in [5.74, 6) is 1.50. The van der Waals surface area contributed by atoms with Crippen molar-refractivity contribution in [2.24, 2.45) is 5.92 Å². The number of benzene rings is 4. The van der Waals surface area contributed by atoms with E-state index in [2.05, 4.69) is 93.6 Å². The van der Waals surface area contributed by atoms with Crippen LogP contribution in [0.4, 0.5) is 11.4 Å². The van der Waals surface area contributed by atoms with Gasteiger partial charge in [0, 0.05) is 23.2 Å². The minimum Gasteiger partial charge on any atom is -0.399 e. The Balaban J connectivity index is 1.43. The second-order valence-corrected chi connectivity index (χ2v) is 14.4. The van der Waals surface area contributed by atoms with Crippen LogP contribution in [-0.2, 0) is 12.8 Å². The Morgan fingerprint density at radius 3 is 1.06 bits per heavy atom. The van der Waals surface area contributed by atoms with Crippen LogP contribution in [0.2, 0.25) is 0 Å². The molecule has 0 heterocycles. The summed E-state index contributed by atoms with van der Waals surface area (Å²) in [6.45, 7) is 6.86. The Hall–Kier alpha value is -3.52. The van der Waals surface area contributed by atoms with Gasteiger partial charge in [-0.2, -0.15) is 0 Å². The summed E-state index contributed by atoms with van der Waals surface area (Å²) in [5.41, 5.74) is 22.2. The Labute approximate surface area is 293 Å². The summed E-state index contributed by atoms with van der Waals surface area (Å²) in [5, 5.41) is 0. The smallest absolute Gasteiger partial charge is 0.0314 e. The van der Waals surface area contributed by atoms with Crippen LogP contribution < -0.4 is 11.5 Å². The van der Waals surface area contributed by atoms with Gasteiger partial charge in [-0.3, -0.25) is 0 Å². The van der Waals surface area contributed by atoms with Crippen LogP contribution in [0, 0.1) is 5.92 Å². The van der Waals surface area contributed by atoms with Crippen molar-refractivity contribution < 1.29 is 0 Å². The zero-order chi connectivity index (χ0) is 34.0. The van der Waals surface area contributed by atoms with E-state index < -0.39 is 0 Å². The minimum absolute atomic E-state index is 0.422. The zero-order valence-corrected chi connectivity index (χ0v) is 30.4. The van der Waals surface area contributed by atoms with Crippen LogP contribution >= 0.6 is 0 Å². The number of anilines is 2. The van der Waals surface area contributed by atoms with Gasteiger partial charge in [0.05, 0.1) is 0 Å². The summed E-state index contributed by atoms with van der Waals surface area (Å²) in [6.07, 6.45) is 20.7. The molecule has 0 spiro atoms. The highest BCUT2D eigenvalue weighted by molar-refractivity contribution is 5.44. The zero-order valence-electron chi connectivity index (χ0n) is 30.4. The number of hydrogen-bond acceptors (Lipinski definition) is 2. The molecule has 2 nitrogen and oxygen atoms in total. The molecule has 0 aliphatic carbocycles. The quantitative estimate of drug-likeness (QED) is 0.0660. The average Bonchev–Trinajstić information content (AvgIpc) is 3.10. The molecule has 0 aliphatic rings. The lowest BCUT2D eigenvalue weighted by Gasteiger charge is -2.21. The van der Waals surface area contributed by atoms with Crippen molar-refractivity contribution in [3.8, 4) is 0 Å². The fourth-order valence-electron chi connectivity index (χ4n) is 7.54. The van der Waals surface area contributed by atoms with E-state index >= 15 is 0 Å². The molecule has 4 aromatic carbocycles. The van der Waals surface area contributed by atoms with Gasteiger partial charge in [0.25, 0.3) is 0 Å². The van der Waals surface area contributed by atoms with E-state index in [4.69, 9.17) is 11.5 Å². The lowest BCUT2D eigenvalue weighted by Crippen LogP contribution is -2.10. The van der Waals surface area contributed by atoms with Gasteiger partial charge in [-0.05, 0) is 95.7 Å². The molecule has 2 heteroatoms. The number of nitrogen functional groups attached to an aromatic ring is 2. The molecule has 48 heavy (non-hydrogen) atoms. The Kier molecular flexibility index (Phi) is 16.1. The lowest BCUT2D eigenvalue weighted by molar-refractivity contribution is 0.444. The van der Waals surface area contributed by atoms with Crippen molar-refractivity contribution in [3.63, 3.8) is 0 Å². The Bertz CT molecular complexity index is 1300. The number of nitrogens with two attached hydrogens (primary N) is 2. The van der Waals surface area contributed by atoms with Crippen molar-refractivity contribution in [1.29, 1.82) is 0 Å². The predicted molar refractivity (Wildman–Crippen MR) is 211 cm³/mol. The van der Waals surface area contributed by atoms with Crippen molar-refractivity contribution >= 4 is 11.4 Å². The largest absolute Gasteiger partial charge is 0.399 e. The van der Waals surface area contributed by atoms with Crippen molar-refractivity contribution in [3.05, 3.63) is 130 Å². The van der Waals surface area contributed by atoms with Crippen molar-refractivity contribution in [2.75, 3.05) is 11.5 Å². The number of hydrogen-bond donors (Lipinski definition) is 2. The predicted octanol–water partition coefficient (Wildman–Crippen LogP) is 13.0. The second-order valence-electron chi connectivity index (χ2n) is 14.4. The molecule has 0 radical (unpaired) electrons. The first kappa shape index (κ1) is 37.3. The van der Waals surface area contributed by atoms with Crippen LogP contribution in [0.15, 0.2) is 97.1 Å². The minimum atomic E-state index is 0.422. The third-order valence-corrected chi connectivity index (χ3v) is 10.4. The average molecular weight is 645 g/mol. The van der Waals surface area contributed by atoms with Gasteiger partial charge >= 0.3 is 0 Å². The third-order valence-electron chi connectivity index (χ3n) is 10.4. The third kappa shape index (κ3) is 12.2. The van der Waals surface area contributed by atoms with Crippen LogP contribution in [0.25, 0.3) is 0 Å². The van der Waals surface area contributed by atoms with Crippen LogP contribution in [-0.4, -0.2) is 0 Å². The summed E-state index contributed by atoms with van der Waals surface area (Å²) in [6, 6.07) is 36.2. The lowest BCUT2D eigenvalue weighted by atomic mass is 9.84. The van der Waals surface area contributed by atoms with E-state index in [1.54, 1.807) is 0 Å². The molecule has 258 valence electrons. The van der Waals surface area contributed by atoms with Gasteiger partial charge in [0.15, 0.2) is 0 Å². The van der Waals surface area contributed by atoms with E-state index in [-0.39, 0.29) is 0 Å². The van der Waals surface area contributed by atoms with E-state index in [1.807, 2.05) is 24.3 Å². The van der Waals surface area contributed by atoms with Crippen molar-refractivity contribution in [2.45, 2.75) is 135 Å². The molecular formula is C46H64N2. The van der Waals surface area contributed by atoms with Crippen LogP contribution in [0.1, 0.15) is 156 Å². The van der Waals surface area contributed by atoms with Gasteiger partial charge in [0.1, 0.15) is 0 Å². The maximum Gasteiger partial charge on any atom is 0.0314 e. The molecule has 0 aliphatic heterocycles. The monoisotopic (exact) mass is 645 g/mol. The highest BCUT2D eigenvalue weighted by atomic mass is 14.5. The van der Waals surface area contributed by atoms with E-state index in [0.717, 1.165) is 49.9 Å². The molecule has 0 fully saturated rings. The van der Waals surface area contributed by atoms with Gasteiger partial charge < -0.3 is 11.5 Å². The Morgan fingerprint density at radius 2 is 0.708 bits per heavy atom. The molecule has 4 N–H and O–H groups in total. The fraction of sp³-hybridized carbons (Fsp3) is 0.478. The normalized spacial score (nSPS) is 13.3. The Morgan fingerprint density at radius 1 is 0.375 bits per heavy atom. The molecule has 4 rings (SSSR count). The first-order chi connectivity index (χ1) is 23.5. The number of rotatable bonds is 22. The molecule has 0 bridgehead atoms. The molecule has 2 unspecified atom stereocenters.